The fourth-order valence-corrected chi connectivity index (χ4v) is 4.49. The topological polar surface area (TPSA) is 58.4 Å². The van der Waals surface area contributed by atoms with E-state index in [1.165, 1.54) is 0 Å². The summed E-state index contributed by atoms with van der Waals surface area (Å²) in [6.45, 7) is 10.0. The molecule has 2 saturated heterocycles. The number of aryl methyl sites for hydroxylation is 2. The molecule has 6 nitrogen and oxygen atoms in total. The number of hydrogen-bond acceptors (Lipinski definition) is 3. The van der Waals surface area contributed by atoms with Crippen LogP contribution in [0, 0.1) is 12.3 Å². The quantitative estimate of drug-likeness (QED) is 0.811. The van der Waals surface area contributed by atoms with Crippen LogP contribution in [0.4, 0.5) is 0 Å². The largest absolute Gasteiger partial charge is 0.342 e. The summed E-state index contributed by atoms with van der Waals surface area (Å²) in [6, 6.07) is 1.89. The summed E-state index contributed by atoms with van der Waals surface area (Å²) in [6.07, 6.45) is 5.81. The molecule has 1 aromatic rings. The van der Waals surface area contributed by atoms with Crippen LogP contribution in [-0.4, -0.2) is 57.6 Å². The molecule has 0 bridgehead atoms. The van der Waals surface area contributed by atoms with Crippen molar-refractivity contribution < 1.29 is 9.59 Å². The monoisotopic (exact) mass is 360 g/mol. The van der Waals surface area contributed by atoms with E-state index in [2.05, 4.69) is 12.0 Å². The van der Waals surface area contributed by atoms with Gasteiger partial charge in [-0.2, -0.15) is 5.10 Å². The van der Waals surface area contributed by atoms with Gasteiger partial charge in [-0.3, -0.25) is 14.3 Å². The first-order valence-corrected chi connectivity index (χ1v) is 10.1. The number of aromatic nitrogens is 2. The maximum Gasteiger partial charge on any atom is 0.272 e. The van der Waals surface area contributed by atoms with Crippen molar-refractivity contribution >= 4 is 11.8 Å². The van der Waals surface area contributed by atoms with Crippen LogP contribution in [0.25, 0.3) is 0 Å². The minimum atomic E-state index is 0.0711. The molecule has 0 aliphatic carbocycles. The Kier molecular flexibility index (Phi) is 5.68. The van der Waals surface area contributed by atoms with Gasteiger partial charge in [0.05, 0.1) is 5.69 Å². The highest BCUT2D eigenvalue weighted by Gasteiger charge is 2.42. The van der Waals surface area contributed by atoms with E-state index in [0.29, 0.717) is 18.7 Å². The number of hydrogen-bond donors (Lipinski definition) is 0. The molecule has 2 fully saturated rings. The van der Waals surface area contributed by atoms with Crippen LogP contribution >= 0.6 is 0 Å². The Morgan fingerprint density at radius 2 is 2.08 bits per heavy atom. The van der Waals surface area contributed by atoms with Crippen LogP contribution in [-0.2, 0) is 11.3 Å². The molecule has 0 unspecified atom stereocenters. The molecule has 6 heteroatoms. The summed E-state index contributed by atoms with van der Waals surface area (Å²) in [7, 11) is 0. The van der Waals surface area contributed by atoms with Crippen LogP contribution in [0.15, 0.2) is 6.07 Å². The van der Waals surface area contributed by atoms with Crippen molar-refractivity contribution in [2.45, 2.75) is 65.8 Å². The van der Waals surface area contributed by atoms with Crippen molar-refractivity contribution in [3.8, 4) is 0 Å². The van der Waals surface area contributed by atoms with Gasteiger partial charge in [0.1, 0.15) is 5.69 Å². The van der Waals surface area contributed by atoms with Crippen molar-refractivity contribution in [2.24, 2.45) is 5.41 Å². The first-order chi connectivity index (χ1) is 12.5. The summed E-state index contributed by atoms with van der Waals surface area (Å²) in [5.74, 6) is 0.371. The average molecular weight is 361 g/mol. The summed E-state index contributed by atoms with van der Waals surface area (Å²) in [5, 5.41) is 4.42. The van der Waals surface area contributed by atoms with Gasteiger partial charge in [0.2, 0.25) is 5.91 Å². The zero-order chi connectivity index (χ0) is 18.7. The molecule has 3 heterocycles. The molecule has 2 amide bonds. The number of carbonyl (C=O) groups excluding carboxylic acids is 2. The number of piperidine rings is 2. The van der Waals surface area contributed by atoms with Crippen LogP contribution in [0.3, 0.4) is 0 Å². The lowest BCUT2D eigenvalue weighted by Crippen LogP contribution is -2.55. The number of rotatable bonds is 5. The van der Waals surface area contributed by atoms with Gasteiger partial charge in [-0.25, -0.2) is 0 Å². The third kappa shape index (κ3) is 3.79. The van der Waals surface area contributed by atoms with Gasteiger partial charge in [0.25, 0.3) is 5.91 Å². The first kappa shape index (κ1) is 18.9. The molecule has 2 aliphatic heterocycles. The molecule has 144 valence electrons. The van der Waals surface area contributed by atoms with Gasteiger partial charge in [0, 0.05) is 44.6 Å². The lowest BCUT2D eigenvalue weighted by Gasteiger charge is -2.48. The maximum absolute atomic E-state index is 13.1. The molecule has 26 heavy (non-hydrogen) atoms. The predicted octanol–water partition coefficient (Wildman–Crippen LogP) is 2.86. The Hall–Kier alpha value is -1.85. The van der Waals surface area contributed by atoms with Gasteiger partial charge in [0.15, 0.2) is 0 Å². The lowest BCUT2D eigenvalue weighted by atomic mass is 9.73. The maximum atomic E-state index is 13.1. The molecule has 0 radical (unpaired) electrons. The van der Waals surface area contributed by atoms with E-state index >= 15 is 0 Å². The third-order valence-corrected chi connectivity index (χ3v) is 5.90. The van der Waals surface area contributed by atoms with Crippen molar-refractivity contribution in [1.29, 1.82) is 0 Å². The van der Waals surface area contributed by atoms with Crippen LogP contribution in [0.2, 0.25) is 0 Å². The minimum absolute atomic E-state index is 0.0711. The van der Waals surface area contributed by atoms with Crippen molar-refractivity contribution in [3.05, 3.63) is 17.5 Å². The second-order valence-electron chi connectivity index (χ2n) is 7.99. The fraction of sp³-hybridized carbons (Fsp3) is 0.750. The van der Waals surface area contributed by atoms with Gasteiger partial charge in [-0.15, -0.1) is 0 Å². The summed E-state index contributed by atoms with van der Waals surface area (Å²) < 4.78 is 1.80. The molecule has 0 aromatic carbocycles. The molecule has 1 aromatic heterocycles. The van der Waals surface area contributed by atoms with Crippen molar-refractivity contribution in [3.63, 3.8) is 0 Å². The standard InChI is InChI=1S/C20H32N4O2/c1-4-6-11-22-14-20(10-8-18(22)25)9-7-12-23(15-20)19(26)17-13-16(3)21-24(17)5-2/h13H,4-12,14-15H2,1-3H3/t20-/m0/s1. The smallest absolute Gasteiger partial charge is 0.272 e. The van der Waals surface area contributed by atoms with E-state index < -0.39 is 0 Å². The second kappa shape index (κ2) is 7.80. The van der Waals surface area contributed by atoms with Crippen LogP contribution < -0.4 is 0 Å². The summed E-state index contributed by atoms with van der Waals surface area (Å²) in [4.78, 5) is 29.4. The predicted molar refractivity (Wildman–Crippen MR) is 101 cm³/mol. The molecule has 0 N–H and O–H groups in total. The number of unbranched alkanes of at least 4 members (excludes halogenated alkanes) is 1. The van der Waals surface area contributed by atoms with Gasteiger partial charge in [-0.05, 0) is 45.6 Å². The highest BCUT2D eigenvalue weighted by atomic mass is 16.2. The second-order valence-corrected chi connectivity index (χ2v) is 7.99. The molecule has 1 atom stereocenters. The molecule has 1 spiro atoms. The number of carbonyl (C=O) groups is 2. The van der Waals surface area contributed by atoms with E-state index in [9.17, 15) is 9.59 Å². The molecular weight excluding hydrogens is 328 g/mol. The number of amides is 2. The molecule has 0 saturated carbocycles. The fourth-order valence-electron chi connectivity index (χ4n) is 4.49. The van der Waals surface area contributed by atoms with Crippen molar-refractivity contribution in [1.82, 2.24) is 19.6 Å². The zero-order valence-electron chi connectivity index (χ0n) is 16.5. The number of nitrogens with zero attached hydrogens (tertiary/aromatic N) is 4. The molecular formula is C20H32N4O2. The van der Waals surface area contributed by atoms with Gasteiger partial charge in [-0.1, -0.05) is 13.3 Å². The Balaban J connectivity index is 1.74. The van der Waals surface area contributed by atoms with E-state index in [-0.39, 0.29) is 17.2 Å². The summed E-state index contributed by atoms with van der Waals surface area (Å²) in [5.41, 5.74) is 1.65. The normalized spacial score (nSPS) is 23.7. The van der Waals surface area contributed by atoms with Gasteiger partial charge >= 0.3 is 0 Å². The Morgan fingerprint density at radius 1 is 1.27 bits per heavy atom. The van der Waals surface area contributed by atoms with E-state index in [1.807, 2.05) is 29.7 Å². The van der Waals surface area contributed by atoms with E-state index in [4.69, 9.17) is 0 Å². The molecule has 2 aliphatic rings. The number of likely N-dealkylation sites (tertiary alicyclic amines) is 2. The zero-order valence-corrected chi connectivity index (χ0v) is 16.5. The lowest BCUT2D eigenvalue weighted by molar-refractivity contribution is -0.139. The highest BCUT2D eigenvalue weighted by Crippen LogP contribution is 2.39. The minimum Gasteiger partial charge on any atom is -0.342 e. The van der Waals surface area contributed by atoms with Crippen LogP contribution in [0.5, 0.6) is 0 Å². The average Bonchev–Trinajstić information content (AvgIpc) is 3.03. The Morgan fingerprint density at radius 3 is 2.81 bits per heavy atom. The van der Waals surface area contributed by atoms with Crippen LogP contribution in [0.1, 0.15) is 68.6 Å². The van der Waals surface area contributed by atoms with Gasteiger partial charge < -0.3 is 9.80 Å². The van der Waals surface area contributed by atoms with E-state index in [0.717, 1.165) is 64.0 Å². The SMILES string of the molecule is CCCCN1C[C@]2(CCCN(C(=O)c3cc(C)nn3CC)C2)CCC1=O. The Labute approximate surface area is 156 Å². The third-order valence-electron chi connectivity index (χ3n) is 5.90. The highest BCUT2D eigenvalue weighted by molar-refractivity contribution is 5.93. The first-order valence-electron chi connectivity index (χ1n) is 10.1. The summed E-state index contributed by atoms with van der Waals surface area (Å²) >= 11 is 0. The van der Waals surface area contributed by atoms with Crippen molar-refractivity contribution in [2.75, 3.05) is 26.2 Å². The van der Waals surface area contributed by atoms with E-state index in [1.54, 1.807) is 4.68 Å². The molecule has 3 rings (SSSR count). The Bertz CT molecular complexity index is 669.